The number of hydrogen-bond acceptors (Lipinski definition) is 6. The van der Waals surface area contributed by atoms with E-state index in [1.165, 1.54) is 39.2 Å². The quantitative estimate of drug-likeness (QED) is 0.703. The molecule has 0 bridgehead atoms. The molecule has 8 nitrogen and oxygen atoms in total. The molecule has 1 saturated carbocycles. The first-order valence-corrected chi connectivity index (χ1v) is 10.9. The van der Waals surface area contributed by atoms with Crippen molar-refractivity contribution in [2.75, 3.05) is 14.1 Å². The first kappa shape index (κ1) is 22.8. The number of benzene rings is 1. The van der Waals surface area contributed by atoms with Crippen LogP contribution in [0, 0.1) is 18.3 Å². The zero-order valence-corrected chi connectivity index (χ0v) is 18.0. The summed E-state index contributed by atoms with van der Waals surface area (Å²) in [5.74, 6) is -1.34. The third-order valence-corrected chi connectivity index (χ3v) is 6.96. The number of rotatable bonds is 6. The van der Waals surface area contributed by atoms with E-state index < -0.39 is 33.5 Å². The molecule has 2 rings (SSSR count). The van der Waals surface area contributed by atoms with Gasteiger partial charge in [0, 0.05) is 14.1 Å². The zero-order valence-electron chi connectivity index (χ0n) is 17.2. The van der Waals surface area contributed by atoms with Gasteiger partial charge >= 0.3 is 5.97 Å². The monoisotopic (exact) mass is 421 g/mol. The molecule has 1 amide bonds. The molecule has 0 spiro atoms. The number of ether oxygens (including phenoxy) is 1. The van der Waals surface area contributed by atoms with Crippen molar-refractivity contribution < 1.29 is 22.7 Å². The molecule has 1 aromatic carbocycles. The second-order valence-electron chi connectivity index (χ2n) is 7.56. The lowest BCUT2D eigenvalue weighted by atomic mass is 9.83. The Kier molecular flexibility index (Phi) is 7.03. The fourth-order valence-electron chi connectivity index (χ4n) is 3.23. The van der Waals surface area contributed by atoms with Gasteiger partial charge in [-0.15, -0.1) is 0 Å². The van der Waals surface area contributed by atoms with Gasteiger partial charge in [-0.05, 0) is 44.4 Å². The number of sulfonamides is 1. The van der Waals surface area contributed by atoms with Crippen LogP contribution in [0.2, 0.25) is 0 Å². The van der Waals surface area contributed by atoms with Gasteiger partial charge in [0.15, 0.2) is 6.10 Å². The first-order valence-electron chi connectivity index (χ1n) is 9.50. The Hall–Kier alpha value is -2.44. The molecule has 29 heavy (non-hydrogen) atoms. The zero-order chi connectivity index (χ0) is 21.8. The molecule has 9 heteroatoms. The number of carbonyl (C=O) groups is 2. The van der Waals surface area contributed by atoms with Crippen LogP contribution in [0.1, 0.15) is 54.9 Å². The van der Waals surface area contributed by atoms with Crippen LogP contribution in [0.5, 0.6) is 0 Å². The average molecular weight is 422 g/mol. The molecule has 0 unspecified atom stereocenters. The number of hydrogen-bond donors (Lipinski definition) is 1. The van der Waals surface area contributed by atoms with E-state index in [1.54, 1.807) is 6.92 Å². The van der Waals surface area contributed by atoms with Crippen LogP contribution in [-0.2, 0) is 19.6 Å². The lowest BCUT2D eigenvalue weighted by Gasteiger charge is -2.32. The predicted octanol–water partition coefficient (Wildman–Crippen LogP) is 2.13. The third-order valence-electron chi connectivity index (χ3n) is 5.14. The molecule has 0 saturated heterocycles. The van der Waals surface area contributed by atoms with Crippen molar-refractivity contribution in [1.82, 2.24) is 9.62 Å². The molecule has 1 aromatic rings. The minimum absolute atomic E-state index is 0.0391. The van der Waals surface area contributed by atoms with Crippen molar-refractivity contribution in [1.29, 1.82) is 5.26 Å². The molecule has 0 heterocycles. The summed E-state index contributed by atoms with van der Waals surface area (Å²) in [5, 5.41) is 12.2. The normalized spacial score (nSPS) is 17.2. The number of carbonyl (C=O) groups excluding carboxylic acids is 2. The Balaban J connectivity index is 2.15. The van der Waals surface area contributed by atoms with Gasteiger partial charge in [-0.2, -0.15) is 5.26 Å². The van der Waals surface area contributed by atoms with Crippen LogP contribution < -0.4 is 5.32 Å². The molecule has 1 atom stereocenters. The number of nitrogens with zero attached hydrogens (tertiary/aromatic N) is 2. The third kappa shape index (κ3) is 5.14. The van der Waals surface area contributed by atoms with E-state index >= 15 is 0 Å². The molecule has 158 valence electrons. The highest BCUT2D eigenvalue weighted by Crippen LogP contribution is 2.27. The lowest BCUT2D eigenvalue weighted by molar-refractivity contribution is -0.130. The average Bonchev–Trinajstić information content (AvgIpc) is 2.68. The second-order valence-corrected chi connectivity index (χ2v) is 9.71. The fraction of sp³-hybridized carbons (Fsp3) is 0.550. The van der Waals surface area contributed by atoms with Gasteiger partial charge in [-0.25, -0.2) is 17.5 Å². The van der Waals surface area contributed by atoms with E-state index in [1.807, 2.05) is 0 Å². The molecule has 1 N–H and O–H groups in total. The number of aryl methyl sites for hydroxylation is 1. The van der Waals surface area contributed by atoms with E-state index in [2.05, 4.69) is 11.4 Å². The molecule has 0 radical (unpaired) electrons. The summed E-state index contributed by atoms with van der Waals surface area (Å²) in [7, 11) is -0.918. The molecular formula is C20H27N3O5S. The van der Waals surface area contributed by atoms with Crippen molar-refractivity contribution in [3.8, 4) is 6.07 Å². The van der Waals surface area contributed by atoms with Gasteiger partial charge < -0.3 is 10.1 Å². The summed E-state index contributed by atoms with van der Waals surface area (Å²) in [6.45, 7) is 3.08. The Morgan fingerprint density at radius 1 is 1.24 bits per heavy atom. The number of nitrogens with one attached hydrogen (secondary N) is 1. The topological polar surface area (TPSA) is 117 Å². The van der Waals surface area contributed by atoms with E-state index in [4.69, 9.17) is 4.74 Å². The van der Waals surface area contributed by atoms with Crippen molar-refractivity contribution in [3.63, 3.8) is 0 Å². The van der Waals surface area contributed by atoms with Crippen LogP contribution >= 0.6 is 0 Å². The second kappa shape index (κ2) is 8.93. The number of amides is 1. The Morgan fingerprint density at radius 2 is 1.86 bits per heavy atom. The van der Waals surface area contributed by atoms with Gasteiger partial charge in [0.25, 0.3) is 5.91 Å². The van der Waals surface area contributed by atoms with Crippen molar-refractivity contribution >= 4 is 21.9 Å². The highest BCUT2D eigenvalue weighted by Gasteiger charge is 2.35. The summed E-state index contributed by atoms with van der Waals surface area (Å²) in [4.78, 5) is 25.1. The van der Waals surface area contributed by atoms with Crippen molar-refractivity contribution in [2.24, 2.45) is 0 Å². The van der Waals surface area contributed by atoms with Gasteiger partial charge in [0.1, 0.15) is 5.54 Å². The summed E-state index contributed by atoms with van der Waals surface area (Å²) in [6, 6.07) is 6.37. The first-order chi connectivity index (χ1) is 13.5. The molecule has 1 aliphatic rings. The molecule has 1 fully saturated rings. The summed E-state index contributed by atoms with van der Waals surface area (Å²) in [6.07, 6.45) is 2.75. The van der Waals surface area contributed by atoms with Crippen LogP contribution in [-0.4, -0.2) is 50.3 Å². The van der Waals surface area contributed by atoms with Gasteiger partial charge in [-0.1, -0.05) is 25.3 Å². The lowest BCUT2D eigenvalue weighted by Crippen LogP contribution is -2.52. The van der Waals surface area contributed by atoms with Crippen molar-refractivity contribution in [3.05, 3.63) is 29.3 Å². The Morgan fingerprint density at radius 3 is 2.41 bits per heavy atom. The van der Waals surface area contributed by atoms with Crippen LogP contribution in [0.3, 0.4) is 0 Å². The number of nitriles is 1. The summed E-state index contributed by atoms with van der Waals surface area (Å²) in [5.41, 5.74) is -0.327. The van der Waals surface area contributed by atoms with Gasteiger partial charge in [-0.3, -0.25) is 4.79 Å². The standard InChI is InChI=1S/C20H27N3O5S/c1-14-8-9-16(29(26,27)23(3)4)12-17(14)19(25)28-15(2)18(24)22-20(13-21)10-6-5-7-11-20/h8-9,12,15H,5-7,10-11H2,1-4H3,(H,22,24)/t15-/m0/s1. The van der Waals surface area contributed by atoms with Crippen molar-refractivity contribution in [2.45, 2.75) is 62.5 Å². The number of esters is 1. The van der Waals surface area contributed by atoms with Crippen LogP contribution in [0.25, 0.3) is 0 Å². The Labute approximate surface area is 171 Å². The maximum atomic E-state index is 12.6. The molecule has 0 aliphatic heterocycles. The highest BCUT2D eigenvalue weighted by molar-refractivity contribution is 7.89. The van der Waals surface area contributed by atoms with Crippen LogP contribution in [0.15, 0.2) is 23.1 Å². The van der Waals surface area contributed by atoms with E-state index in [0.717, 1.165) is 23.6 Å². The maximum absolute atomic E-state index is 12.6. The summed E-state index contributed by atoms with van der Waals surface area (Å²) >= 11 is 0. The Bertz CT molecular complexity index is 928. The SMILES string of the molecule is Cc1ccc(S(=O)(=O)N(C)C)cc1C(=O)O[C@@H](C)C(=O)NC1(C#N)CCCCC1. The van der Waals surface area contributed by atoms with Gasteiger partial charge in [0.05, 0.1) is 16.5 Å². The largest absolute Gasteiger partial charge is 0.449 e. The van der Waals surface area contributed by atoms with Gasteiger partial charge in [0.2, 0.25) is 10.0 Å². The molecular weight excluding hydrogens is 394 g/mol. The summed E-state index contributed by atoms with van der Waals surface area (Å²) < 4.78 is 31.0. The molecule has 0 aromatic heterocycles. The minimum atomic E-state index is -3.71. The maximum Gasteiger partial charge on any atom is 0.339 e. The molecule has 1 aliphatic carbocycles. The highest BCUT2D eigenvalue weighted by atomic mass is 32.2. The fourth-order valence-corrected chi connectivity index (χ4v) is 4.16. The van der Waals surface area contributed by atoms with E-state index in [0.29, 0.717) is 18.4 Å². The smallest absolute Gasteiger partial charge is 0.339 e. The van der Waals surface area contributed by atoms with Crippen LogP contribution in [0.4, 0.5) is 0 Å². The minimum Gasteiger partial charge on any atom is -0.449 e. The van der Waals surface area contributed by atoms with E-state index in [9.17, 15) is 23.3 Å². The van der Waals surface area contributed by atoms with E-state index in [-0.39, 0.29) is 10.5 Å². The predicted molar refractivity (Wildman–Crippen MR) is 107 cm³/mol.